The Morgan fingerprint density at radius 2 is 1.45 bits per heavy atom. The van der Waals surface area contributed by atoms with Crippen LogP contribution in [0.25, 0.3) is 0 Å². The Balaban J connectivity index is 3.36. The molecule has 0 aliphatic carbocycles. The Labute approximate surface area is 125 Å². The van der Waals surface area contributed by atoms with Crippen molar-refractivity contribution in [3.05, 3.63) is 0 Å². The van der Waals surface area contributed by atoms with Crippen LogP contribution in [0.1, 0.15) is 73.6 Å². The van der Waals surface area contributed by atoms with Gasteiger partial charge in [-0.05, 0) is 23.7 Å². The van der Waals surface area contributed by atoms with Crippen molar-refractivity contribution in [1.29, 1.82) is 0 Å². The van der Waals surface area contributed by atoms with E-state index >= 15 is 0 Å². The number of carbonyl (C=O) groups is 1. The highest BCUT2D eigenvalue weighted by molar-refractivity contribution is 5.70. The SMILES string of the molecule is CC(C)(C)CCCCCCOC(=O)COCC(C)(C)C. The second kappa shape index (κ2) is 9.38. The van der Waals surface area contributed by atoms with Gasteiger partial charge in [-0.3, -0.25) is 0 Å². The van der Waals surface area contributed by atoms with E-state index in [4.69, 9.17) is 9.47 Å². The van der Waals surface area contributed by atoms with E-state index in [9.17, 15) is 4.79 Å². The van der Waals surface area contributed by atoms with Crippen molar-refractivity contribution in [1.82, 2.24) is 0 Å². The molecular weight excluding hydrogens is 252 g/mol. The fourth-order valence-electron chi connectivity index (χ4n) is 1.78. The molecule has 0 heterocycles. The zero-order valence-corrected chi connectivity index (χ0v) is 14.4. The molecule has 0 aromatic carbocycles. The average molecular weight is 286 g/mol. The Morgan fingerprint density at radius 1 is 0.850 bits per heavy atom. The smallest absolute Gasteiger partial charge is 0.332 e. The molecule has 0 rings (SSSR count). The third kappa shape index (κ3) is 15.5. The summed E-state index contributed by atoms with van der Waals surface area (Å²) in [6.07, 6.45) is 5.82. The zero-order chi connectivity index (χ0) is 15.6. The minimum atomic E-state index is -0.246. The number of unbranched alkanes of at least 4 members (excludes halogenated alkanes) is 3. The third-order valence-corrected chi connectivity index (χ3v) is 2.84. The van der Waals surface area contributed by atoms with Crippen molar-refractivity contribution in [2.45, 2.75) is 73.6 Å². The van der Waals surface area contributed by atoms with Crippen LogP contribution in [-0.4, -0.2) is 25.8 Å². The van der Waals surface area contributed by atoms with Gasteiger partial charge in [-0.2, -0.15) is 0 Å². The van der Waals surface area contributed by atoms with Gasteiger partial charge in [0.25, 0.3) is 0 Å². The maximum atomic E-state index is 11.4. The zero-order valence-electron chi connectivity index (χ0n) is 14.4. The van der Waals surface area contributed by atoms with Gasteiger partial charge >= 0.3 is 5.97 Å². The van der Waals surface area contributed by atoms with E-state index in [0.29, 0.717) is 18.6 Å². The van der Waals surface area contributed by atoms with E-state index in [1.54, 1.807) is 0 Å². The number of esters is 1. The largest absolute Gasteiger partial charge is 0.464 e. The van der Waals surface area contributed by atoms with Gasteiger partial charge in [0, 0.05) is 0 Å². The van der Waals surface area contributed by atoms with Crippen LogP contribution in [0, 0.1) is 10.8 Å². The normalized spacial score (nSPS) is 12.5. The van der Waals surface area contributed by atoms with E-state index in [1.165, 1.54) is 19.3 Å². The molecule has 0 radical (unpaired) electrons. The summed E-state index contributed by atoms with van der Waals surface area (Å²) < 4.78 is 10.5. The molecule has 0 aliphatic heterocycles. The monoisotopic (exact) mass is 286 g/mol. The lowest BCUT2D eigenvalue weighted by atomic mass is 9.89. The molecule has 0 unspecified atom stereocenters. The summed E-state index contributed by atoms with van der Waals surface area (Å²) in [5, 5.41) is 0. The average Bonchev–Trinajstić information content (AvgIpc) is 2.24. The molecule has 120 valence electrons. The molecule has 3 nitrogen and oxygen atoms in total. The van der Waals surface area contributed by atoms with Gasteiger partial charge in [0.15, 0.2) is 0 Å². The fraction of sp³-hybridized carbons (Fsp3) is 0.941. The highest BCUT2D eigenvalue weighted by Gasteiger charge is 2.12. The van der Waals surface area contributed by atoms with Crippen LogP contribution in [0.4, 0.5) is 0 Å². The highest BCUT2D eigenvalue weighted by Crippen LogP contribution is 2.22. The summed E-state index contributed by atoms with van der Waals surface area (Å²) in [4.78, 5) is 11.4. The number of hydrogen-bond donors (Lipinski definition) is 0. The number of rotatable bonds is 9. The second-order valence-corrected chi connectivity index (χ2v) is 8.00. The van der Waals surface area contributed by atoms with E-state index in [2.05, 4.69) is 41.5 Å². The number of hydrogen-bond acceptors (Lipinski definition) is 3. The van der Waals surface area contributed by atoms with Crippen LogP contribution in [-0.2, 0) is 14.3 Å². The maximum Gasteiger partial charge on any atom is 0.332 e. The van der Waals surface area contributed by atoms with Crippen LogP contribution in [0.2, 0.25) is 0 Å². The summed E-state index contributed by atoms with van der Waals surface area (Å²) in [6.45, 7) is 14.2. The quantitative estimate of drug-likeness (QED) is 0.459. The standard InChI is InChI=1S/C17H34O3/c1-16(2,3)11-9-7-8-10-12-20-15(18)13-19-14-17(4,5)6/h7-14H2,1-6H3. The van der Waals surface area contributed by atoms with Crippen LogP contribution < -0.4 is 0 Å². The van der Waals surface area contributed by atoms with E-state index < -0.39 is 0 Å². The lowest BCUT2D eigenvalue weighted by molar-refractivity contribution is -0.150. The first-order valence-electron chi connectivity index (χ1n) is 7.83. The first-order valence-corrected chi connectivity index (χ1v) is 7.83. The van der Waals surface area contributed by atoms with E-state index in [0.717, 1.165) is 12.8 Å². The van der Waals surface area contributed by atoms with Crippen molar-refractivity contribution in [2.75, 3.05) is 19.8 Å². The Morgan fingerprint density at radius 3 is 2.00 bits per heavy atom. The molecule has 0 aromatic heterocycles. The van der Waals surface area contributed by atoms with Crippen LogP contribution in [0.3, 0.4) is 0 Å². The van der Waals surface area contributed by atoms with Gasteiger partial charge < -0.3 is 9.47 Å². The Hall–Kier alpha value is -0.570. The lowest BCUT2D eigenvalue weighted by Crippen LogP contribution is -2.20. The summed E-state index contributed by atoms with van der Waals surface area (Å²) in [5.41, 5.74) is 0.518. The predicted octanol–water partition coefficient (Wildman–Crippen LogP) is 4.59. The van der Waals surface area contributed by atoms with Crippen LogP contribution in [0.5, 0.6) is 0 Å². The van der Waals surface area contributed by atoms with Crippen molar-refractivity contribution in [3.63, 3.8) is 0 Å². The molecule has 0 aromatic rings. The van der Waals surface area contributed by atoms with Crippen molar-refractivity contribution in [2.24, 2.45) is 10.8 Å². The number of carbonyl (C=O) groups excluding carboxylic acids is 1. The Bertz CT molecular complexity index is 258. The molecule has 3 heteroatoms. The van der Waals surface area contributed by atoms with Gasteiger partial charge in [0.1, 0.15) is 6.61 Å². The number of ether oxygens (including phenoxy) is 2. The molecule has 20 heavy (non-hydrogen) atoms. The summed E-state index contributed by atoms with van der Waals surface area (Å²) in [5.74, 6) is -0.246. The summed E-state index contributed by atoms with van der Waals surface area (Å²) in [6, 6.07) is 0. The van der Waals surface area contributed by atoms with Gasteiger partial charge in [0.05, 0.1) is 13.2 Å². The lowest BCUT2D eigenvalue weighted by Gasteiger charge is -2.17. The minimum absolute atomic E-state index is 0.0707. The maximum absolute atomic E-state index is 11.4. The van der Waals surface area contributed by atoms with Crippen molar-refractivity contribution < 1.29 is 14.3 Å². The predicted molar refractivity (Wildman–Crippen MR) is 83.8 cm³/mol. The molecule has 0 bridgehead atoms. The highest BCUT2D eigenvalue weighted by atomic mass is 16.6. The molecule has 0 atom stereocenters. The van der Waals surface area contributed by atoms with Gasteiger partial charge in [0.2, 0.25) is 0 Å². The molecule has 0 saturated heterocycles. The molecular formula is C17H34O3. The molecule has 0 fully saturated rings. The van der Waals surface area contributed by atoms with Crippen LogP contribution in [0.15, 0.2) is 0 Å². The van der Waals surface area contributed by atoms with Gasteiger partial charge in [-0.25, -0.2) is 4.79 Å². The van der Waals surface area contributed by atoms with Gasteiger partial charge in [-0.15, -0.1) is 0 Å². The molecule has 0 saturated carbocycles. The first-order chi connectivity index (χ1) is 9.10. The second-order valence-electron chi connectivity index (χ2n) is 8.00. The topological polar surface area (TPSA) is 35.5 Å². The van der Waals surface area contributed by atoms with Gasteiger partial charge in [-0.1, -0.05) is 60.8 Å². The molecule has 0 amide bonds. The minimum Gasteiger partial charge on any atom is -0.464 e. The van der Waals surface area contributed by atoms with Crippen LogP contribution >= 0.6 is 0 Å². The Kier molecular flexibility index (Phi) is 9.11. The molecule has 0 N–H and O–H groups in total. The molecule has 0 spiro atoms. The first kappa shape index (κ1) is 19.4. The summed E-state index contributed by atoms with van der Waals surface area (Å²) >= 11 is 0. The van der Waals surface area contributed by atoms with Crippen molar-refractivity contribution in [3.8, 4) is 0 Å². The summed E-state index contributed by atoms with van der Waals surface area (Å²) in [7, 11) is 0. The molecule has 0 aliphatic rings. The fourth-order valence-corrected chi connectivity index (χ4v) is 1.78. The van der Waals surface area contributed by atoms with E-state index in [-0.39, 0.29) is 18.0 Å². The van der Waals surface area contributed by atoms with Crippen molar-refractivity contribution >= 4 is 5.97 Å². The third-order valence-electron chi connectivity index (χ3n) is 2.84. The van der Waals surface area contributed by atoms with E-state index in [1.807, 2.05) is 0 Å².